The van der Waals surface area contributed by atoms with Gasteiger partial charge in [-0.25, -0.2) is 0 Å². The monoisotopic (exact) mass is 474 g/mol. The Morgan fingerprint density at radius 3 is 1.81 bits per heavy atom. The second kappa shape index (κ2) is 12.9. The lowest BCUT2D eigenvalue weighted by molar-refractivity contribution is 0.0843. The first-order chi connectivity index (χ1) is 14.3. The molecule has 0 aromatic heterocycles. The molecule has 4 rings (SSSR count). The van der Waals surface area contributed by atoms with E-state index in [1.807, 2.05) is 42.5 Å². The molecule has 0 unspecified atom stereocenters. The third-order valence-corrected chi connectivity index (χ3v) is 6.25. The van der Waals surface area contributed by atoms with Gasteiger partial charge in [-0.3, -0.25) is 14.6 Å². The van der Waals surface area contributed by atoms with Crippen molar-refractivity contribution in [2.24, 2.45) is 0 Å². The summed E-state index contributed by atoms with van der Waals surface area (Å²) in [6.45, 7) is 5.40. The number of benzene rings is 3. The summed E-state index contributed by atoms with van der Waals surface area (Å²) in [4.78, 5) is 19.8. The fourth-order valence-electron chi connectivity index (χ4n) is 3.58. The molecule has 0 spiro atoms. The van der Waals surface area contributed by atoms with E-state index >= 15 is 0 Å². The van der Waals surface area contributed by atoms with E-state index in [1.165, 1.54) is 10.5 Å². The van der Waals surface area contributed by atoms with E-state index in [0.29, 0.717) is 6.54 Å². The van der Waals surface area contributed by atoms with E-state index in [-0.39, 0.29) is 30.6 Å². The van der Waals surface area contributed by atoms with Gasteiger partial charge in [0.2, 0.25) is 0 Å². The molecule has 1 fully saturated rings. The molecule has 31 heavy (non-hydrogen) atoms. The largest absolute Gasteiger partial charge is 0.297 e. The van der Waals surface area contributed by atoms with Crippen molar-refractivity contribution in [2.75, 3.05) is 32.7 Å². The minimum atomic E-state index is 0. The highest BCUT2D eigenvalue weighted by Crippen LogP contribution is 2.27. The molecule has 0 radical (unpaired) electrons. The lowest BCUT2D eigenvalue weighted by Gasteiger charge is -2.34. The van der Waals surface area contributed by atoms with Crippen molar-refractivity contribution in [3.05, 3.63) is 96.1 Å². The van der Waals surface area contributed by atoms with Crippen LogP contribution < -0.4 is 0 Å². The van der Waals surface area contributed by atoms with Crippen LogP contribution in [-0.4, -0.2) is 48.3 Å². The zero-order valence-electron chi connectivity index (χ0n) is 17.4. The van der Waals surface area contributed by atoms with Gasteiger partial charge < -0.3 is 0 Å². The first kappa shape index (κ1) is 25.4. The molecular weight excluding hydrogens is 447 g/mol. The molecule has 0 aliphatic carbocycles. The van der Waals surface area contributed by atoms with Crippen LogP contribution in [0.5, 0.6) is 0 Å². The Balaban J connectivity index is 0.00000171. The Labute approximate surface area is 201 Å². The molecule has 1 saturated heterocycles. The van der Waals surface area contributed by atoms with Gasteiger partial charge in [0.05, 0.1) is 6.54 Å². The Morgan fingerprint density at radius 2 is 1.19 bits per heavy atom. The summed E-state index contributed by atoms with van der Waals surface area (Å²) in [5, 5.41) is 0. The molecule has 0 saturated carbocycles. The standard InChI is InChI=1S/C25H26N2OS.2ClH/c28-25(22-11-13-24(14-12-22)29-23-9-5-2-6-10-23)20-27-17-15-26(16-18-27)19-21-7-3-1-4-8-21;;/h1-14H,15-20H2;2*1H. The van der Waals surface area contributed by atoms with E-state index in [4.69, 9.17) is 0 Å². The van der Waals surface area contributed by atoms with Crippen LogP contribution in [0.1, 0.15) is 15.9 Å². The molecule has 3 aromatic rings. The van der Waals surface area contributed by atoms with E-state index in [9.17, 15) is 4.79 Å². The third-order valence-electron chi connectivity index (χ3n) is 5.24. The highest BCUT2D eigenvalue weighted by molar-refractivity contribution is 7.99. The second-order valence-electron chi connectivity index (χ2n) is 7.40. The van der Waals surface area contributed by atoms with E-state index in [2.05, 4.69) is 52.3 Å². The zero-order valence-corrected chi connectivity index (χ0v) is 19.8. The molecule has 0 atom stereocenters. The van der Waals surface area contributed by atoms with Gasteiger partial charge in [0.25, 0.3) is 0 Å². The van der Waals surface area contributed by atoms with Crippen LogP contribution in [-0.2, 0) is 6.54 Å². The van der Waals surface area contributed by atoms with Gasteiger partial charge in [0, 0.05) is 48.1 Å². The molecule has 3 aromatic carbocycles. The Morgan fingerprint density at radius 1 is 0.677 bits per heavy atom. The predicted octanol–water partition coefficient (Wildman–Crippen LogP) is 5.68. The minimum Gasteiger partial charge on any atom is -0.297 e. The molecular formula is C25H28Cl2N2OS. The number of ketones is 1. The van der Waals surface area contributed by atoms with Crippen molar-refractivity contribution in [3.63, 3.8) is 0 Å². The number of piperazine rings is 1. The van der Waals surface area contributed by atoms with Gasteiger partial charge in [0.15, 0.2) is 5.78 Å². The van der Waals surface area contributed by atoms with Crippen molar-refractivity contribution < 1.29 is 4.79 Å². The van der Waals surface area contributed by atoms with Gasteiger partial charge in [-0.15, -0.1) is 24.8 Å². The smallest absolute Gasteiger partial charge is 0.176 e. The van der Waals surface area contributed by atoms with Crippen molar-refractivity contribution >= 4 is 42.4 Å². The number of rotatable bonds is 7. The minimum absolute atomic E-state index is 0. The number of carbonyl (C=O) groups is 1. The van der Waals surface area contributed by atoms with Crippen LogP contribution in [0.25, 0.3) is 0 Å². The average Bonchev–Trinajstić information content (AvgIpc) is 2.77. The average molecular weight is 475 g/mol. The lowest BCUT2D eigenvalue weighted by atomic mass is 10.1. The summed E-state index contributed by atoms with van der Waals surface area (Å²) in [5.41, 5.74) is 2.15. The second-order valence-corrected chi connectivity index (χ2v) is 8.55. The van der Waals surface area contributed by atoms with Crippen LogP contribution in [0.3, 0.4) is 0 Å². The molecule has 3 nitrogen and oxygen atoms in total. The quantitative estimate of drug-likeness (QED) is 0.410. The Kier molecular flexibility index (Phi) is 10.6. The Hall–Kier alpha value is -1.82. The molecule has 164 valence electrons. The first-order valence-electron chi connectivity index (χ1n) is 10.1. The summed E-state index contributed by atoms with van der Waals surface area (Å²) in [6, 6.07) is 28.9. The van der Waals surface area contributed by atoms with Crippen molar-refractivity contribution in [3.8, 4) is 0 Å². The number of Topliss-reactive ketones (excluding diaryl/α,β-unsaturated/α-hetero) is 1. The van der Waals surface area contributed by atoms with Crippen LogP contribution in [0.4, 0.5) is 0 Å². The first-order valence-corrected chi connectivity index (χ1v) is 10.9. The maximum Gasteiger partial charge on any atom is 0.176 e. The number of hydrogen-bond donors (Lipinski definition) is 0. The zero-order chi connectivity index (χ0) is 19.9. The topological polar surface area (TPSA) is 23.6 Å². The van der Waals surface area contributed by atoms with Crippen LogP contribution in [0.15, 0.2) is 94.7 Å². The Bertz CT molecular complexity index is 915. The molecule has 1 heterocycles. The maximum atomic E-state index is 12.7. The molecule has 1 aliphatic rings. The van der Waals surface area contributed by atoms with E-state index in [0.717, 1.165) is 43.2 Å². The number of carbonyl (C=O) groups excluding carboxylic acids is 1. The van der Waals surface area contributed by atoms with Gasteiger partial charge >= 0.3 is 0 Å². The third kappa shape index (κ3) is 7.67. The van der Waals surface area contributed by atoms with Gasteiger partial charge in [0.1, 0.15) is 0 Å². The van der Waals surface area contributed by atoms with Crippen LogP contribution in [0.2, 0.25) is 0 Å². The summed E-state index contributed by atoms with van der Waals surface area (Å²) < 4.78 is 0. The molecule has 0 amide bonds. The maximum absolute atomic E-state index is 12.7. The number of halogens is 2. The summed E-state index contributed by atoms with van der Waals surface area (Å²) in [6.07, 6.45) is 0. The molecule has 0 N–H and O–H groups in total. The van der Waals surface area contributed by atoms with Crippen molar-refractivity contribution in [1.82, 2.24) is 9.80 Å². The summed E-state index contributed by atoms with van der Waals surface area (Å²) >= 11 is 1.72. The normalized spacial score (nSPS) is 14.3. The summed E-state index contributed by atoms with van der Waals surface area (Å²) in [7, 11) is 0. The van der Waals surface area contributed by atoms with Crippen LogP contribution >= 0.6 is 36.6 Å². The predicted molar refractivity (Wildman–Crippen MR) is 134 cm³/mol. The fraction of sp³-hybridized carbons (Fsp3) is 0.240. The molecule has 0 bridgehead atoms. The lowest BCUT2D eigenvalue weighted by Crippen LogP contribution is -2.47. The van der Waals surface area contributed by atoms with Crippen molar-refractivity contribution in [1.29, 1.82) is 0 Å². The molecule has 6 heteroatoms. The summed E-state index contributed by atoms with van der Waals surface area (Å²) in [5.74, 6) is 0.206. The van der Waals surface area contributed by atoms with Crippen LogP contribution in [0, 0.1) is 0 Å². The van der Waals surface area contributed by atoms with Gasteiger partial charge in [-0.1, -0.05) is 72.4 Å². The highest BCUT2D eigenvalue weighted by atomic mass is 35.5. The van der Waals surface area contributed by atoms with Gasteiger partial charge in [-0.2, -0.15) is 0 Å². The van der Waals surface area contributed by atoms with E-state index < -0.39 is 0 Å². The fourth-order valence-corrected chi connectivity index (χ4v) is 4.41. The van der Waals surface area contributed by atoms with Gasteiger partial charge in [-0.05, 0) is 29.8 Å². The van der Waals surface area contributed by atoms with Crippen molar-refractivity contribution in [2.45, 2.75) is 16.3 Å². The number of nitrogens with zero attached hydrogens (tertiary/aromatic N) is 2. The SMILES string of the molecule is Cl.Cl.O=C(CN1CCN(Cc2ccccc2)CC1)c1ccc(Sc2ccccc2)cc1. The van der Waals surface area contributed by atoms with E-state index in [1.54, 1.807) is 11.8 Å². The number of hydrogen-bond acceptors (Lipinski definition) is 4. The highest BCUT2D eigenvalue weighted by Gasteiger charge is 2.19. The molecule has 1 aliphatic heterocycles.